The molecule has 2 aromatic rings. The monoisotopic (exact) mass is 298 g/mol. The van der Waals surface area contributed by atoms with Crippen molar-refractivity contribution in [2.45, 2.75) is 38.6 Å². The maximum Gasteiger partial charge on any atom is 0.259 e. The van der Waals surface area contributed by atoms with Crippen molar-refractivity contribution in [1.29, 1.82) is 5.41 Å². The van der Waals surface area contributed by atoms with Gasteiger partial charge in [0.2, 0.25) is 0 Å². The number of rotatable bonds is 7. The zero-order valence-corrected chi connectivity index (χ0v) is 13.2. The molecule has 3 radical (unpaired) electrons. The van der Waals surface area contributed by atoms with Crippen LogP contribution >= 0.6 is 0 Å². The van der Waals surface area contributed by atoms with E-state index in [0.29, 0.717) is 0 Å². The van der Waals surface area contributed by atoms with Crippen molar-refractivity contribution in [2.75, 3.05) is 0 Å². The van der Waals surface area contributed by atoms with Crippen molar-refractivity contribution in [3.63, 3.8) is 0 Å². The number of benzene rings is 1. The van der Waals surface area contributed by atoms with Crippen molar-refractivity contribution in [3.8, 4) is 0 Å². The molecule has 1 aromatic carbocycles. The van der Waals surface area contributed by atoms with Gasteiger partial charge in [-0.3, -0.25) is 4.79 Å². The molecule has 1 unspecified atom stereocenters. The number of hydrogen-bond donors (Lipinski definition) is 3. The van der Waals surface area contributed by atoms with Crippen molar-refractivity contribution in [1.82, 2.24) is 10.3 Å². The number of para-hydroxylation sites is 1. The number of carbonyl (C=O) groups excluding carboxylic acids is 1. The Balaban J connectivity index is 2.13. The summed E-state index contributed by atoms with van der Waals surface area (Å²) in [6, 6.07) is 8.21. The van der Waals surface area contributed by atoms with E-state index < -0.39 is 0 Å². The lowest BCUT2D eigenvalue weighted by Crippen LogP contribution is -2.40. The summed E-state index contributed by atoms with van der Waals surface area (Å²) in [5.74, 6) is -0.354. The summed E-state index contributed by atoms with van der Waals surface area (Å²) in [6.07, 6.45) is 5.85. The minimum atomic E-state index is -0.354. The number of H-pyrrole nitrogens is 1. The second-order valence-electron chi connectivity index (χ2n) is 5.25. The Morgan fingerprint density at radius 3 is 2.90 bits per heavy atom. The highest BCUT2D eigenvalue weighted by Crippen LogP contribution is 2.20. The number of hydrogen-bond acceptors (Lipinski definition) is 2. The van der Waals surface area contributed by atoms with Gasteiger partial charge in [-0.2, -0.15) is 0 Å². The fraction of sp³-hybridized carbons (Fsp3) is 0.375. The maximum absolute atomic E-state index is 11.7. The molecule has 1 atom stereocenters. The lowest BCUT2D eigenvalue weighted by Gasteiger charge is -2.18. The summed E-state index contributed by atoms with van der Waals surface area (Å²) in [7, 11) is 2.97. The first-order valence-corrected chi connectivity index (χ1v) is 7.77. The van der Waals surface area contributed by atoms with Gasteiger partial charge in [0, 0.05) is 23.1 Å². The van der Waals surface area contributed by atoms with Gasteiger partial charge in [-0.15, -0.1) is 0 Å². The Kier molecular flexibility index (Phi) is 5.33. The smallest absolute Gasteiger partial charge is 0.259 e. The van der Waals surface area contributed by atoms with Gasteiger partial charge in [0.25, 0.3) is 5.91 Å². The van der Waals surface area contributed by atoms with Gasteiger partial charge in [0.1, 0.15) is 10.2 Å². The molecule has 0 aliphatic carbocycles. The molecule has 0 saturated carbocycles. The van der Waals surface area contributed by atoms with Crippen LogP contribution in [0.1, 0.15) is 31.7 Å². The maximum atomic E-state index is 11.7. The first kappa shape index (κ1) is 15.5. The highest BCUT2D eigenvalue weighted by atomic mass is 28.1. The molecule has 5 heteroatoms. The lowest BCUT2D eigenvalue weighted by molar-refractivity contribution is -0.115. The molecule has 3 N–H and O–H groups in total. The van der Waals surface area contributed by atoms with Crippen molar-refractivity contribution in [3.05, 3.63) is 36.0 Å². The molecule has 0 bridgehead atoms. The predicted octanol–water partition coefficient (Wildman–Crippen LogP) is 2.53. The number of fused-ring (bicyclic) bond motifs is 1. The third kappa shape index (κ3) is 4.04. The first-order valence-electron chi connectivity index (χ1n) is 7.27. The third-order valence-corrected chi connectivity index (χ3v) is 3.84. The fourth-order valence-corrected chi connectivity index (χ4v) is 2.57. The Morgan fingerprint density at radius 2 is 2.19 bits per heavy atom. The average Bonchev–Trinajstić information content (AvgIpc) is 2.88. The van der Waals surface area contributed by atoms with E-state index in [2.05, 4.69) is 33.5 Å². The Morgan fingerprint density at radius 1 is 1.43 bits per heavy atom. The summed E-state index contributed by atoms with van der Waals surface area (Å²) < 4.78 is 0. The summed E-state index contributed by atoms with van der Waals surface area (Å²) in [4.78, 5) is 15.0. The molecule has 1 amide bonds. The minimum Gasteiger partial charge on any atom is -0.361 e. The Bertz CT molecular complexity index is 635. The summed E-state index contributed by atoms with van der Waals surface area (Å²) in [5, 5.41) is 11.3. The van der Waals surface area contributed by atoms with E-state index in [4.69, 9.17) is 5.41 Å². The number of aromatic amines is 1. The van der Waals surface area contributed by atoms with Gasteiger partial charge < -0.3 is 15.7 Å². The molecule has 0 spiro atoms. The van der Waals surface area contributed by atoms with Gasteiger partial charge in [-0.25, -0.2) is 0 Å². The van der Waals surface area contributed by atoms with Crippen molar-refractivity contribution < 1.29 is 4.79 Å². The molecule has 4 nitrogen and oxygen atoms in total. The highest BCUT2D eigenvalue weighted by Gasteiger charge is 2.15. The van der Waals surface area contributed by atoms with E-state index in [-0.39, 0.29) is 17.3 Å². The van der Waals surface area contributed by atoms with Crippen LogP contribution in [-0.4, -0.2) is 32.5 Å². The average molecular weight is 298 g/mol. The second-order valence-corrected chi connectivity index (χ2v) is 5.75. The number of amides is 1. The molecule has 0 fully saturated rings. The van der Waals surface area contributed by atoms with E-state index in [1.165, 1.54) is 10.9 Å². The van der Waals surface area contributed by atoms with Crippen molar-refractivity contribution in [2.24, 2.45) is 0 Å². The topological polar surface area (TPSA) is 68.7 Å². The van der Waals surface area contributed by atoms with Crippen LogP contribution in [0.3, 0.4) is 0 Å². The number of aromatic nitrogens is 1. The fourth-order valence-electron chi connectivity index (χ4n) is 2.50. The summed E-state index contributed by atoms with van der Waals surface area (Å²) in [5.41, 5.74) is 2.31. The number of carbonyl (C=O) groups is 1. The van der Waals surface area contributed by atoms with Gasteiger partial charge in [0.15, 0.2) is 0 Å². The first-order chi connectivity index (χ1) is 10.1. The van der Waals surface area contributed by atoms with E-state index in [1.807, 2.05) is 24.4 Å². The van der Waals surface area contributed by atoms with Gasteiger partial charge in [-0.05, 0) is 24.5 Å². The van der Waals surface area contributed by atoms with Crippen LogP contribution in [0.5, 0.6) is 0 Å². The second kappa shape index (κ2) is 7.22. The van der Waals surface area contributed by atoms with Crippen LogP contribution in [0.2, 0.25) is 0 Å². The SMILES string of the molecule is CCCCC(Cc1c[nH]c2ccccc12)NC(=O)C(=N)[Si]. The molecular weight excluding hydrogens is 278 g/mol. The minimum absolute atomic E-state index is 0.0494. The molecule has 21 heavy (non-hydrogen) atoms. The molecule has 2 rings (SSSR count). The van der Waals surface area contributed by atoms with Crippen LogP contribution in [-0.2, 0) is 11.2 Å². The van der Waals surface area contributed by atoms with Crippen LogP contribution in [0, 0.1) is 5.41 Å². The highest BCUT2D eigenvalue weighted by molar-refractivity contribution is 6.77. The molecule has 109 valence electrons. The third-order valence-electron chi connectivity index (χ3n) is 3.61. The summed E-state index contributed by atoms with van der Waals surface area (Å²) >= 11 is 0. The van der Waals surface area contributed by atoms with Gasteiger partial charge in [-0.1, -0.05) is 38.0 Å². The molecule has 1 heterocycles. The summed E-state index contributed by atoms with van der Waals surface area (Å²) in [6.45, 7) is 2.14. The van der Waals surface area contributed by atoms with Crippen molar-refractivity contribution >= 4 is 32.4 Å². The normalized spacial score (nSPS) is 12.3. The predicted molar refractivity (Wildman–Crippen MR) is 86.9 cm³/mol. The molecule has 0 saturated heterocycles. The standard InChI is InChI=1S/C16H20N3OSi/c1-2-3-6-12(19-16(20)15(17)21)9-11-10-18-14-8-5-4-7-13(11)14/h4-5,7-8,10,12,17-18H,2-3,6,9H2,1H3,(H,19,20). The number of nitrogens with one attached hydrogen (secondary N) is 3. The molecular formula is C16H20N3OSi. The van der Waals surface area contributed by atoms with E-state index in [1.54, 1.807) is 0 Å². The largest absolute Gasteiger partial charge is 0.361 e. The quantitative estimate of drug-likeness (QED) is 0.533. The molecule has 1 aromatic heterocycles. The Hall–Kier alpha value is -1.88. The zero-order chi connectivity index (χ0) is 15.2. The van der Waals surface area contributed by atoms with Crippen LogP contribution < -0.4 is 5.32 Å². The molecule has 0 aliphatic heterocycles. The van der Waals surface area contributed by atoms with Crippen LogP contribution in [0.15, 0.2) is 30.5 Å². The van der Waals surface area contributed by atoms with Crippen LogP contribution in [0.4, 0.5) is 0 Å². The van der Waals surface area contributed by atoms with Gasteiger partial charge in [0.05, 0.1) is 5.33 Å². The number of unbranched alkanes of at least 4 members (excludes halogenated alkanes) is 1. The Labute approximate surface area is 128 Å². The van der Waals surface area contributed by atoms with E-state index in [0.717, 1.165) is 31.2 Å². The van der Waals surface area contributed by atoms with Crippen LogP contribution in [0.25, 0.3) is 10.9 Å². The molecule has 0 aliphatic rings. The zero-order valence-electron chi connectivity index (χ0n) is 12.2. The lowest BCUT2D eigenvalue weighted by atomic mass is 10.0. The van der Waals surface area contributed by atoms with Gasteiger partial charge >= 0.3 is 0 Å². The van der Waals surface area contributed by atoms with E-state index in [9.17, 15) is 4.79 Å². The van der Waals surface area contributed by atoms with E-state index >= 15 is 0 Å².